The van der Waals surface area contributed by atoms with E-state index in [1.165, 1.54) is 0 Å². The average Bonchev–Trinajstić information content (AvgIpc) is 2.51. The van der Waals surface area contributed by atoms with Crippen LogP contribution in [0.2, 0.25) is 0 Å². The Morgan fingerprint density at radius 1 is 1.32 bits per heavy atom. The number of anilines is 1. The molecule has 0 unspecified atom stereocenters. The molecule has 2 N–H and O–H groups in total. The van der Waals surface area contributed by atoms with Crippen LogP contribution in [-0.2, 0) is 6.54 Å². The zero-order valence-corrected chi connectivity index (χ0v) is 12.5. The number of amides is 1. The molecule has 114 valence electrons. The number of carbonyl (C=O) groups is 1. The number of β-amino-alcohol motifs (C(OH)–C–C–N with tert-alkyl or cyclic N) is 1. The van der Waals surface area contributed by atoms with Crippen LogP contribution in [0.5, 0.6) is 0 Å². The van der Waals surface area contributed by atoms with Gasteiger partial charge in [0.05, 0.1) is 18.3 Å². The molecule has 0 saturated carbocycles. The summed E-state index contributed by atoms with van der Waals surface area (Å²) in [5.41, 5.74) is 3.48. The van der Waals surface area contributed by atoms with Crippen LogP contribution in [0.3, 0.4) is 0 Å². The fourth-order valence-electron chi connectivity index (χ4n) is 2.54. The molecular weight excluding hydrogens is 278 g/mol. The van der Waals surface area contributed by atoms with Crippen LogP contribution >= 0.6 is 0 Å². The highest BCUT2D eigenvalue weighted by molar-refractivity contribution is 5.97. The molecule has 5 heteroatoms. The fraction of sp³-hybridized carbons (Fsp3) is 0.294. The van der Waals surface area contributed by atoms with Gasteiger partial charge >= 0.3 is 0 Å². The van der Waals surface area contributed by atoms with E-state index in [1.807, 2.05) is 43.3 Å². The predicted molar refractivity (Wildman–Crippen MR) is 84.7 cm³/mol. The van der Waals surface area contributed by atoms with Crippen molar-refractivity contribution >= 4 is 11.6 Å². The molecule has 1 aliphatic rings. The molecule has 3 rings (SSSR count). The summed E-state index contributed by atoms with van der Waals surface area (Å²) >= 11 is 0. The number of carbonyl (C=O) groups excluding carboxylic acids is 1. The first-order chi connectivity index (χ1) is 10.6. The summed E-state index contributed by atoms with van der Waals surface area (Å²) in [4.78, 5) is 18.3. The SMILES string of the molecule is Cc1c(NCc2ccccn2)cccc1C(=O)N1CC(O)C1. The van der Waals surface area contributed by atoms with E-state index in [-0.39, 0.29) is 12.0 Å². The third kappa shape index (κ3) is 2.94. The molecule has 1 aromatic heterocycles. The van der Waals surface area contributed by atoms with Gasteiger partial charge in [0, 0.05) is 30.5 Å². The maximum atomic E-state index is 12.4. The van der Waals surface area contributed by atoms with Gasteiger partial charge in [0.1, 0.15) is 0 Å². The van der Waals surface area contributed by atoms with E-state index in [2.05, 4.69) is 10.3 Å². The van der Waals surface area contributed by atoms with Gasteiger partial charge in [0.2, 0.25) is 0 Å². The van der Waals surface area contributed by atoms with Crippen molar-refractivity contribution in [2.24, 2.45) is 0 Å². The molecule has 0 atom stereocenters. The van der Waals surface area contributed by atoms with Crippen LogP contribution in [0, 0.1) is 6.92 Å². The molecule has 2 heterocycles. The van der Waals surface area contributed by atoms with Crippen molar-refractivity contribution in [2.75, 3.05) is 18.4 Å². The lowest BCUT2D eigenvalue weighted by molar-refractivity contribution is 0.00585. The monoisotopic (exact) mass is 297 g/mol. The summed E-state index contributed by atoms with van der Waals surface area (Å²) in [5, 5.41) is 12.7. The smallest absolute Gasteiger partial charge is 0.254 e. The topological polar surface area (TPSA) is 65.5 Å². The van der Waals surface area contributed by atoms with Crippen molar-refractivity contribution in [1.29, 1.82) is 0 Å². The largest absolute Gasteiger partial charge is 0.389 e. The van der Waals surface area contributed by atoms with E-state index in [9.17, 15) is 9.90 Å². The summed E-state index contributed by atoms with van der Waals surface area (Å²) in [5.74, 6) is -0.0238. The number of aromatic nitrogens is 1. The second kappa shape index (κ2) is 6.15. The molecule has 1 amide bonds. The van der Waals surface area contributed by atoms with Crippen LogP contribution in [-0.4, -0.2) is 40.1 Å². The van der Waals surface area contributed by atoms with Crippen LogP contribution in [0.1, 0.15) is 21.6 Å². The molecule has 2 aromatic rings. The van der Waals surface area contributed by atoms with Gasteiger partial charge in [0.15, 0.2) is 0 Å². The number of hydrogen-bond donors (Lipinski definition) is 2. The van der Waals surface area contributed by atoms with E-state index in [0.717, 1.165) is 16.9 Å². The van der Waals surface area contributed by atoms with Crippen molar-refractivity contribution in [2.45, 2.75) is 19.6 Å². The highest BCUT2D eigenvalue weighted by Gasteiger charge is 2.30. The van der Waals surface area contributed by atoms with Gasteiger partial charge < -0.3 is 15.3 Å². The summed E-state index contributed by atoms with van der Waals surface area (Å²) in [6, 6.07) is 11.5. The average molecular weight is 297 g/mol. The third-order valence-corrected chi connectivity index (χ3v) is 3.90. The number of hydrogen-bond acceptors (Lipinski definition) is 4. The van der Waals surface area contributed by atoms with Gasteiger partial charge in [-0.2, -0.15) is 0 Å². The predicted octanol–water partition coefficient (Wildman–Crippen LogP) is 1.82. The van der Waals surface area contributed by atoms with Crippen LogP contribution in [0.15, 0.2) is 42.6 Å². The minimum absolute atomic E-state index is 0.0238. The minimum Gasteiger partial charge on any atom is -0.389 e. The Morgan fingerprint density at radius 3 is 2.82 bits per heavy atom. The van der Waals surface area contributed by atoms with Crippen LogP contribution in [0.4, 0.5) is 5.69 Å². The van der Waals surface area contributed by atoms with E-state index >= 15 is 0 Å². The van der Waals surface area contributed by atoms with Crippen molar-refractivity contribution < 1.29 is 9.90 Å². The first-order valence-electron chi connectivity index (χ1n) is 7.36. The van der Waals surface area contributed by atoms with Gasteiger partial charge in [-0.05, 0) is 36.8 Å². The van der Waals surface area contributed by atoms with Gasteiger partial charge in [-0.3, -0.25) is 9.78 Å². The third-order valence-electron chi connectivity index (χ3n) is 3.90. The number of rotatable bonds is 4. The molecule has 0 spiro atoms. The Balaban J connectivity index is 1.73. The molecule has 5 nitrogen and oxygen atoms in total. The Kier molecular flexibility index (Phi) is 4.06. The molecule has 0 radical (unpaired) electrons. The van der Waals surface area contributed by atoms with Gasteiger partial charge in [-0.15, -0.1) is 0 Å². The molecule has 1 fully saturated rings. The Bertz CT molecular complexity index is 667. The first kappa shape index (κ1) is 14.5. The highest BCUT2D eigenvalue weighted by atomic mass is 16.3. The highest BCUT2D eigenvalue weighted by Crippen LogP contribution is 2.22. The van der Waals surface area contributed by atoms with Gasteiger partial charge in [-0.25, -0.2) is 0 Å². The molecule has 0 bridgehead atoms. The summed E-state index contributed by atoms with van der Waals surface area (Å²) in [6.45, 7) is 3.39. The molecule has 1 aromatic carbocycles. The normalized spacial score (nSPS) is 14.5. The lowest BCUT2D eigenvalue weighted by atomic mass is 10.0. The second-order valence-corrected chi connectivity index (χ2v) is 5.52. The number of likely N-dealkylation sites (tertiary alicyclic amines) is 1. The molecule has 22 heavy (non-hydrogen) atoms. The van der Waals surface area contributed by atoms with E-state index in [1.54, 1.807) is 11.1 Å². The zero-order valence-electron chi connectivity index (χ0n) is 12.5. The Labute approximate surface area is 129 Å². The standard InChI is InChI=1S/C17H19N3O2/c1-12-15(17(22)20-10-14(21)11-20)6-4-7-16(12)19-9-13-5-2-3-8-18-13/h2-8,14,19,21H,9-11H2,1H3. The molecule has 1 saturated heterocycles. The number of aliphatic hydroxyl groups excluding tert-OH is 1. The quantitative estimate of drug-likeness (QED) is 0.903. The molecular formula is C17H19N3O2. The number of aliphatic hydroxyl groups is 1. The van der Waals surface area contributed by atoms with Gasteiger partial charge in [0.25, 0.3) is 5.91 Å². The number of nitrogens with one attached hydrogen (secondary N) is 1. The maximum Gasteiger partial charge on any atom is 0.254 e. The number of pyridine rings is 1. The summed E-state index contributed by atoms with van der Waals surface area (Å²) < 4.78 is 0. The Morgan fingerprint density at radius 2 is 2.14 bits per heavy atom. The van der Waals surface area contributed by atoms with E-state index in [0.29, 0.717) is 25.2 Å². The minimum atomic E-state index is -0.380. The maximum absolute atomic E-state index is 12.4. The lowest BCUT2D eigenvalue weighted by Gasteiger charge is -2.36. The van der Waals surface area contributed by atoms with Crippen molar-refractivity contribution in [3.8, 4) is 0 Å². The Hall–Kier alpha value is -2.40. The second-order valence-electron chi connectivity index (χ2n) is 5.52. The fourth-order valence-corrected chi connectivity index (χ4v) is 2.54. The molecule has 1 aliphatic heterocycles. The van der Waals surface area contributed by atoms with Crippen molar-refractivity contribution in [3.05, 3.63) is 59.4 Å². The van der Waals surface area contributed by atoms with Gasteiger partial charge in [-0.1, -0.05) is 12.1 Å². The van der Waals surface area contributed by atoms with E-state index < -0.39 is 0 Å². The van der Waals surface area contributed by atoms with Crippen molar-refractivity contribution in [1.82, 2.24) is 9.88 Å². The van der Waals surface area contributed by atoms with Crippen molar-refractivity contribution in [3.63, 3.8) is 0 Å². The lowest BCUT2D eigenvalue weighted by Crippen LogP contribution is -2.53. The number of benzene rings is 1. The van der Waals surface area contributed by atoms with Crippen LogP contribution in [0.25, 0.3) is 0 Å². The van der Waals surface area contributed by atoms with E-state index in [4.69, 9.17) is 0 Å². The molecule has 0 aliphatic carbocycles. The summed E-state index contributed by atoms with van der Waals surface area (Å²) in [7, 11) is 0. The first-order valence-corrected chi connectivity index (χ1v) is 7.36. The zero-order chi connectivity index (χ0) is 15.5. The number of nitrogens with zero attached hydrogens (tertiary/aromatic N) is 2. The van der Waals surface area contributed by atoms with Crippen LogP contribution < -0.4 is 5.32 Å². The summed E-state index contributed by atoms with van der Waals surface area (Å²) in [6.07, 6.45) is 1.38.